The molecule has 34 heavy (non-hydrogen) atoms. The van der Waals surface area contributed by atoms with Gasteiger partial charge in [0.25, 0.3) is 0 Å². The number of hydrogen-bond acceptors (Lipinski definition) is 5. The highest BCUT2D eigenvalue weighted by molar-refractivity contribution is 8.32. The van der Waals surface area contributed by atoms with Crippen LogP contribution >= 0.6 is 10.0 Å². The summed E-state index contributed by atoms with van der Waals surface area (Å²) < 4.78 is 9.74. The van der Waals surface area contributed by atoms with E-state index in [4.69, 9.17) is 11.2 Å². The summed E-state index contributed by atoms with van der Waals surface area (Å²) in [6.07, 6.45) is 20.3. The van der Waals surface area contributed by atoms with Crippen LogP contribution in [-0.4, -0.2) is 55.4 Å². The summed E-state index contributed by atoms with van der Waals surface area (Å²) >= 11 is 0. The maximum atomic E-state index is 9.27. The van der Waals surface area contributed by atoms with Crippen molar-refractivity contribution in [2.24, 2.45) is 0 Å². The molecule has 0 aliphatic carbocycles. The maximum absolute atomic E-state index is 9.27. The summed E-state index contributed by atoms with van der Waals surface area (Å²) in [7, 11) is -0.581. The van der Waals surface area contributed by atoms with Gasteiger partial charge in [0.2, 0.25) is 0 Å². The zero-order valence-corrected chi connectivity index (χ0v) is 20.5. The van der Waals surface area contributed by atoms with Gasteiger partial charge < -0.3 is 9.30 Å². The quantitative estimate of drug-likeness (QED) is 0.266. The molecule has 0 N–H and O–H groups in total. The minimum atomic E-state index is -0.581. The topological polar surface area (TPSA) is 81.5 Å². The lowest BCUT2D eigenvalue weighted by Gasteiger charge is -2.24. The van der Waals surface area contributed by atoms with E-state index in [-0.39, 0.29) is 6.04 Å². The van der Waals surface area contributed by atoms with Gasteiger partial charge in [0.1, 0.15) is 18.7 Å². The Kier molecular flexibility index (Phi) is 7.02. The van der Waals surface area contributed by atoms with Crippen LogP contribution in [0, 0.1) is 23.7 Å². The summed E-state index contributed by atoms with van der Waals surface area (Å²) in [5.41, 5.74) is 4.04. The second-order valence-corrected chi connectivity index (χ2v) is 13.5. The van der Waals surface area contributed by atoms with E-state index < -0.39 is 10.0 Å². The van der Waals surface area contributed by atoms with E-state index in [0.29, 0.717) is 18.7 Å². The molecule has 1 aromatic carbocycles. The molecule has 1 unspecified atom stereocenters. The molecule has 4 rings (SSSR count). The average molecular weight is 473 g/mol. The molecule has 8 heteroatoms. The van der Waals surface area contributed by atoms with Gasteiger partial charge in [-0.1, -0.05) is 12.1 Å². The van der Waals surface area contributed by atoms with Gasteiger partial charge in [0, 0.05) is 35.5 Å². The molecule has 0 fully saturated rings. The lowest BCUT2D eigenvalue weighted by atomic mass is 10.0. The van der Waals surface area contributed by atoms with E-state index >= 15 is 0 Å². The summed E-state index contributed by atoms with van der Waals surface area (Å²) in [4.78, 5) is 9.02. The van der Waals surface area contributed by atoms with Gasteiger partial charge in [-0.05, 0) is 42.5 Å². The zero-order valence-electron chi connectivity index (χ0n) is 19.7. The summed E-state index contributed by atoms with van der Waals surface area (Å²) in [5, 5.41) is 14.8. The van der Waals surface area contributed by atoms with E-state index in [1.807, 2.05) is 45.9 Å². The number of aromatic nitrogens is 5. The van der Waals surface area contributed by atoms with E-state index in [2.05, 4.69) is 45.8 Å². The molecule has 0 saturated carbocycles. The Morgan fingerprint density at radius 1 is 1.21 bits per heavy atom. The number of nitriles is 1. The Morgan fingerprint density at radius 3 is 2.82 bits per heavy atom. The lowest BCUT2D eigenvalue weighted by molar-refractivity contribution is 0.0923. The third kappa shape index (κ3) is 5.31. The van der Waals surface area contributed by atoms with E-state index in [1.165, 1.54) is 0 Å². The molecule has 1 atom stereocenters. The Bertz CT molecular complexity index is 1370. The lowest BCUT2D eigenvalue weighted by Crippen LogP contribution is -2.10. The fourth-order valence-corrected chi connectivity index (χ4v) is 4.35. The van der Waals surface area contributed by atoms with Crippen molar-refractivity contribution in [3.05, 3.63) is 66.4 Å². The van der Waals surface area contributed by atoms with E-state index in [1.54, 1.807) is 18.6 Å². The first-order valence-corrected chi connectivity index (χ1v) is 13.9. The largest absolute Gasteiger partial charge is 0.360 e. The molecule has 0 saturated heterocycles. The van der Waals surface area contributed by atoms with Crippen LogP contribution < -0.4 is 0 Å². The highest BCUT2D eigenvalue weighted by Gasteiger charge is 2.17. The van der Waals surface area contributed by atoms with Crippen molar-refractivity contribution in [1.82, 2.24) is 24.3 Å². The van der Waals surface area contributed by atoms with Gasteiger partial charge >= 0.3 is 0 Å². The average Bonchev–Trinajstić information content (AvgIpc) is 3.47. The number of hydrogen-bond donors (Lipinski definition) is 0. The van der Waals surface area contributed by atoms with Gasteiger partial charge in [-0.2, -0.15) is 10.4 Å². The van der Waals surface area contributed by atoms with Gasteiger partial charge in [0.05, 0.1) is 36.2 Å². The fourth-order valence-electron chi connectivity index (χ4n) is 3.73. The summed E-state index contributed by atoms with van der Waals surface area (Å²) in [6.45, 7) is 1.18. The highest BCUT2D eigenvalue weighted by Crippen LogP contribution is 2.33. The van der Waals surface area contributed by atoms with Crippen molar-refractivity contribution in [2.45, 2.75) is 19.2 Å². The Labute approximate surface area is 201 Å². The zero-order chi connectivity index (χ0) is 24.1. The van der Waals surface area contributed by atoms with Crippen LogP contribution in [0.25, 0.3) is 22.3 Å². The van der Waals surface area contributed by atoms with Gasteiger partial charge in [-0.25, -0.2) is 20.0 Å². The molecule has 3 aromatic heterocycles. The molecule has 174 valence electrons. The molecule has 0 radical (unpaired) electrons. The Hall–Kier alpha value is -3.59. The third-order valence-corrected chi connectivity index (χ3v) is 6.92. The second-order valence-electron chi connectivity index (χ2n) is 8.95. The number of terminal acetylenes is 1. The molecule has 0 aliphatic heterocycles. The van der Waals surface area contributed by atoms with Crippen LogP contribution in [0.2, 0.25) is 0 Å². The maximum Gasteiger partial charge on any atom is 0.145 e. The predicted octanol–water partition coefficient (Wildman–Crippen LogP) is 4.45. The van der Waals surface area contributed by atoms with Crippen molar-refractivity contribution in [3.63, 3.8) is 0 Å². The summed E-state index contributed by atoms with van der Waals surface area (Å²) in [6, 6.07) is 11.5. The van der Waals surface area contributed by atoms with Crippen molar-refractivity contribution in [3.8, 4) is 29.7 Å². The molecule has 4 aromatic rings. The normalized spacial score (nSPS) is 12.9. The van der Waals surface area contributed by atoms with Gasteiger partial charge in [-0.3, -0.25) is 4.68 Å². The molecule has 0 bridgehead atoms. The Balaban J connectivity index is 1.59. The van der Waals surface area contributed by atoms with Gasteiger partial charge in [-0.15, -0.1) is 12.3 Å². The van der Waals surface area contributed by atoms with Crippen molar-refractivity contribution >= 4 is 21.1 Å². The number of fused-ring (bicyclic) bond motifs is 1. The second kappa shape index (κ2) is 10.1. The van der Waals surface area contributed by atoms with Crippen LogP contribution in [0.15, 0.2) is 55.2 Å². The molecule has 3 heterocycles. The number of ether oxygens (including phenoxy) is 1. The number of nitrogens with zero attached hydrogens (tertiary/aromatic N) is 6. The monoisotopic (exact) mass is 472 g/mol. The molecule has 0 spiro atoms. The first-order valence-electron chi connectivity index (χ1n) is 10.9. The number of rotatable bonds is 9. The smallest absolute Gasteiger partial charge is 0.145 e. The van der Waals surface area contributed by atoms with E-state index in [0.717, 1.165) is 40.2 Å². The molecular formula is C26H28N6OS. The number of benzene rings is 1. The molecule has 0 amide bonds. The minimum absolute atomic E-state index is 0.174. The van der Waals surface area contributed by atoms with Crippen LogP contribution in [0.1, 0.15) is 23.6 Å². The molecular weight excluding hydrogens is 444 g/mol. The van der Waals surface area contributed by atoms with Crippen LogP contribution in [0.5, 0.6) is 0 Å². The van der Waals surface area contributed by atoms with E-state index in [9.17, 15) is 5.26 Å². The third-order valence-electron chi connectivity index (χ3n) is 5.53. The van der Waals surface area contributed by atoms with Crippen molar-refractivity contribution < 1.29 is 4.74 Å². The molecule has 0 aliphatic rings. The summed E-state index contributed by atoms with van der Waals surface area (Å²) in [5.74, 6) is 3.80. The predicted molar refractivity (Wildman–Crippen MR) is 138 cm³/mol. The standard InChI is InChI=1S/C26H28N6OS/c1-5-7-24(21-9-6-8-20(14-21)15-27)32-17-22(16-30-32)25-23-10-11-31(26(23)29-18-28-25)19-33-12-13-34(2,3)4/h1,6,8-11,14,16-18,24H,7,12-13,19H2,2-4H3. The molecule has 7 nitrogen and oxygen atoms in total. The van der Waals surface area contributed by atoms with Crippen molar-refractivity contribution in [2.75, 3.05) is 31.1 Å². The first kappa shape index (κ1) is 23.6. The fraction of sp³-hybridized carbons (Fsp3) is 0.308. The minimum Gasteiger partial charge on any atom is -0.360 e. The van der Waals surface area contributed by atoms with Crippen LogP contribution in [-0.2, 0) is 11.5 Å². The van der Waals surface area contributed by atoms with Crippen LogP contribution in [0.4, 0.5) is 0 Å². The van der Waals surface area contributed by atoms with Crippen LogP contribution in [0.3, 0.4) is 0 Å². The highest BCUT2D eigenvalue weighted by atomic mass is 32.3. The first-order chi connectivity index (χ1) is 16.4. The Morgan fingerprint density at radius 2 is 2.06 bits per heavy atom. The SMILES string of the molecule is C#CCC(c1cccc(C#N)c1)n1cc(-c2ncnc3c2ccn3COCCS(C)(C)C)cn1. The van der Waals surface area contributed by atoms with Crippen molar-refractivity contribution in [1.29, 1.82) is 5.26 Å². The van der Waals surface area contributed by atoms with Gasteiger partial charge in [0.15, 0.2) is 0 Å².